The Kier molecular flexibility index (Phi) is 5.53. The number of aromatic nitrogens is 5. The molecule has 0 atom stereocenters. The minimum Gasteiger partial charge on any atom is -0.312 e. The second-order valence-electron chi connectivity index (χ2n) is 6.56. The fourth-order valence-corrected chi connectivity index (χ4v) is 3.69. The zero-order valence-electron chi connectivity index (χ0n) is 14.2. The maximum Gasteiger partial charge on any atom is 0.147 e. The highest BCUT2D eigenvalue weighted by Crippen LogP contribution is 2.28. The molecule has 4 rings (SSSR count). The van der Waals surface area contributed by atoms with Crippen molar-refractivity contribution in [1.82, 2.24) is 34.8 Å². The predicted molar refractivity (Wildman–Crippen MR) is 94.1 cm³/mol. The van der Waals surface area contributed by atoms with Gasteiger partial charge < -0.3 is 9.88 Å². The fraction of sp³-hybridized carbons (Fsp3) is 0.688. The van der Waals surface area contributed by atoms with Crippen molar-refractivity contribution in [2.45, 2.75) is 51.9 Å². The molecule has 1 fully saturated rings. The molecule has 2 aliphatic rings. The first kappa shape index (κ1) is 17.4. The Bertz CT molecular complexity index is 657. The highest BCUT2D eigenvalue weighted by Gasteiger charge is 2.27. The summed E-state index contributed by atoms with van der Waals surface area (Å²) in [6.07, 6.45) is 6.51. The van der Waals surface area contributed by atoms with Crippen molar-refractivity contribution in [2.75, 3.05) is 19.6 Å². The van der Waals surface area contributed by atoms with Crippen LogP contribution in [0.25, 0.3) is 0 Å². The van der Waals surface area contributed by atoms with E-state index in [1.165, 1.54) is 24.2 Å². The number of fused-ring (bicyclic) bond motifs is 1. The number of hydrogen-bond donors (Lipinski definition) is 1. The number of nitrogens with one attached hydrogen (secondary N) is 1. The minimum absolute atomic E-state index is 0. The molecule has 24 heavy (non-hydrogen) atoms. The summed E-state index contributed by atoms with van der Waals surface area (Å²) >= 11 is 0. The van der Waals surface area contributed by atoms with Crippen LogP contribution < -0.4 is 5.32 Å². The van der Waals surface area contributed by atoms with E-state index in [4.69, 9.17) is 0 Å². The van der Waals surface area contributed by atoms with Gasteiger partial charge in [-0.3, -0.25) is 9.58 Å². The van der Waals surface area contributed by atoms with Gasteiger partial charge in [-0.1, -0.05) is 0 Å². The van der Waals surface area contributed by atoms with Crippen molar-refractivity contribution in [1.29, 1.82) is 0 Å². The van der Waals surface area contributed by atoms with Gasteiger partial charge in [0.05, 0.1) is 12.7 Å². The van der Waals surface area contributed by atoms with Gasteiger partial charge in [-0.25, -0.2) is 0 Å². The lowest BCUT2D eigenvalue weighted by Crippen LogP contribution is -2.34. The largest absolute Gasteiger partial charge is 0.312 e. The van der Waals surface area contributed by atoms with E-state index in [1.807, 2.05) is 10.9 Å². The van der Waals surface area contributed by atoms with Crippen molar-refractivity contribution in [3.05, 3.63) is 29.6 Å². The number of halogens is 1. The van der Waals surface area contributed by atoms with Crippen LogP contribution >= 0.6 is 12.4 Å². The van der Waals surface area contributed by atoms with Crippen LogP contribution in [0.4, 0.5) is 0 Å². The highest BCUT2D eigenvalue weighted by molar-refractivity contribution is 5.85. The second kappa shape index (κ2) is 7.63. The van der Waals surface area contributed by atoms with E-state index in [0.717, 1.165) is 51.6 Å². The van der Waals surface area contributed by atoms with Gasteiger partial charge in [0.2, 0.25) is 0 Å². The molecule has 2 aromatic heterocycles. The first-order chi connectivity index (χ1) is 11.3. The Morgan fingerprint density at radius 2 is 2.04 bits per heavy atom. The summed E-state index contributed by atoms with van der Waals surface area (Å²) in [7, 11) is 0. The van der Waals surface area contributed by atoms with Gasteiger partial charge in [0.25, 0.3) is 0 Å². The van der Waals surface area contributed by atoms with Crippen LogP contribution in [0.2, 0.25) is 0 Å². The number of aryl methyl sites for hydroxylation is 1. The fourth-order valence-electron chi connectivity index (χ4n) is 3.69. The van der Waals surface area contributed by atoms with Crippen LogP contribution in [-0.4, -0.2) is 49.1 Å². The molecule has 132 valence electrons. The maximum atomic E-state index is 4.49. The molecule has 2 aliphatic heterocycles. The molecule has 0 amide bonds. The van der Waals surface area contributed by atoms with E-state index in [1.54, 1.807) is 0 Å². The third kappa shape index (κ3) is 3.48. The smallest absolute Gasteiger partial charge is 0.147 e. The molecule has 1 N–H and O–H groups in total. The van der Waals surface area contributed by atoms with Crippen LogP contribution in [0, 0.1) is 0 Å². The highest BCUT2D eigenvalue weighted by atomic mass is 35.5. The molecule has 4 heterocycles. The molecule has 1 saturated heterocycles. The lowest BCUT2D eigenvalue weighted by molar-refractivity contribution is 0.199. The molecule has 0 unspecified atom stereocenters. The van der Waals surface area contributed by atoms with E-state index in [2.05, 4.69) is 43.2 Å². The Balaban J connectivity index is 0.00000169. The van der Waals surface area contributed by atoms with Gasteiger partial charge in [0.15, 0.2) is 0 Å². The number of nitrogens with zero attached hydrogens (tertiary/aromatic N) is 6. The van der Waals surface area contributed by atoms with E-state index < -0.39 is 0 Å². The molecule has 0 radical (unpaired) electrons. The molecular formula is C16H26ClN7. The maximum absolute atomic E-state index is 4.49. The summed E-state index contributed by atoms with van der Waals surface area (Å²) in [5, 5.41) is 16.6. The Hall–Kier alpha value is -1.44. The standard InChI is InChI=1S/C16H25N7.ClH/c1-2-22-12-13(9-18-22)11-21-6-3-14(4-7-21)16-20-19-15-10-17-5-8-23(15)16;/h9,12,14,17H,2-8,10-11H2,1H3;1H. The average Bonchev–Trinajstić information content (AvgIpc) is 3.22. The lowest BCUT2D eigenvalue weighted by atomic mass is 9.95. The lowest BCUT2D eigenvalue weighted by Gasteiger charge is -2.31. The normalized spacial score (nSPS) is 19.0. The monoisotopic (exact) mass is 351 g/mol. The predicted octanol–water partition coefficient (Wildman–Crippen LogP) is 1.40. The van der Waals surface area contributed by atoms with Gasteiger partial charge >= 0.3 is 0 Å². The molecule has 0 aromatic carbocycles. The number of likely N-dealkylation sites (tertiary alicyclic amines) is 1. The Morgan fingerprint density at radius 1 is 1.21 bits per heavy atom. The van der Waals surface area contributed by atoms with Crippen molar-refractivity contribution < 1.29 is 0 Å². The van der Waals surface area contributed by atoms with E-state index in [-0.39, 0.29) is 12.4 Å². The summed E-state index contributed by atoms with van der Waals surface area (Å²) in [5.41, 5.74) is 1.32. The summed E-state index contributed by atoms with van der Waals surface area (Å²) in [4.78, 5) is 2.53. The summed E-state index contributed by atoms with van der Waals surface area (Å²) in [6, 6.07) is 0. The van der Waals surface area contributed by atoms with Gasteiger partial charge in [-0.05, 0) is 32.9 Å². The van der Waals surface area contributed by atoms with Gasteiger partial charge in [-0.15, -0.1) is 22.6 Å². The zero-order chi connectivity index (χ0) is 15.6. The summed E-state index contributed by atoms with van der Waals surface area (Å²) in [5.74, 6) is 2.87. The van der Waals surface area contributed by atoms with Crippen LogP contribution in [0.1, 0.15) is 42.9 Å². The third-order valence-corrected chi connectivity index (χ3v) is 5.02. The molecule has 0 spiro atoms. The van der Waals surface area contributed by atoms with Crippen LogP contribution in [0.3, 0.4) is 0 Å². The Labute approximate surface area is 148 Å². The van der Waals surface area contributed by atoms with Crippen LogP contribution in [-0.2, 0) is 26.2 Å². The third-order valence-electron chi connectivity index (χ3n) is 5.02. The van der Waals surface area contributed by atoms with Crippen molar-refractivity contribution >= 4 is 12.4 Å². The molecule has 0 bridgehead atoms. The SMILES string of the molecule is CCn1cc(CN2CCC(c3nnc4n3CCNC4)CC2)cn1.Cl. The summed E-state index contributed by atoms with van der Waals surface area (Å²) in [6.45, 7) is 9.21. The molecule has 0 saturated carbocycles. The van der Waals surface area contributed by atoms with Crippen molar-refractivity contribution in [3.63, 3.8) is 0 Å². The van der Waals surface area contributed by atoms with Gasteiger partial charge in [0.1, 0.15) is 11.6 Å². The number of hydrogen-bond acceptors (Lipinski definition) is 5. The molecule has 7 nitrogen and oxygen atoms in total. The number of rotatable bonds is 4. The van der Waals surface area contributed by atoms with E-state index in [9.17, 15) is 0 Å². The van der Waals surface area contributed by atoms with Crippen LogP contribution in [0.5, 0.6) is 0 Å². The molecule has 8 heteroatoms. The quantitative estimate of drug-likeness (QED) is 0.902. The van der Waals surface area contributed by atoms with Gasteiger partial charge in [-0.2, -0.15) is 5.10 Å². The van der Waals surface area contributed by atoms with Crippen molar-refractivity contribution in [3.8, 4) is 0 Å². The second-order valence-corrected chi connectivity index (χ2v) is 6.56. The zero-order valence-corrected chi connectivity index (χ0v) is 15.0. The molecular weight excluding hydrogens is 326 g/mol. The van der Waals surface area contributed by atoms with E-state index >= 15 is 0 Å². The molecule has 0 aliphatic carbocycles. The molecule has 2 aromatic rings. The van der Waals surface area contributed by atoms with Crippen molar-refractivity contribution in [2.24, 2.45) is 0 Å². The average molecular weight is 352 g/mol. The van der Waals surface area contributed by atoms with Gasteiger partial charge in [0, 0.05) is 43.9 Å². The minimum atomic E-state index is 0. The first-order valence-electron chi connectivity index (χ1n) is 8.70. The topological polar surface area (TPSA) is 63.8 Å². The van der Waals surface area contributed by atoms with E-state index in [0.29, 0.717) is 5.92 Å². The van der Waals surface area contributed by atoms with Crippen LogP contribution in [0.15, 0.2) is 12.4 Å². The first-order valence-corrected chi connectivity index (χ1v) is 8.70. The summed E-state index contributed by atoms with van der Waals surface area (Å²) < 4.78 is 4.33. The number of piperidine rings is 1. The Morgan fingerprint density at radius 3 is 2.79 bits per heavy atom.